The topological polar surface area (TPSA) is 84.0 Å². The van der Waals surface area contributed by atoms with Gasteiger partial charge in [-0.2, -0.15) is 5.26 Å². The third-order valence-corrected chi connectivity index (χ3v) is 5.99. The molecule has 0 aliphatic heterocycles. The molecule has 0 N–H and O–H groups in total. The van der Waals surface area contributed by atoms with Crippen LogP contribution in [0.1, 0.15) is 6.92 Å². The maximum atomic E-state index is 14.8. The number of carbonyl (C=O) groups excluding carboxylic acids is 1. The third-order valence-electron chi connectivity index (χ3n) is 5.07. The average molecular weight is 488 g/mol. The lowest BCUT2D eigenvalue weighted by Crippen LogP contribution is -2.32. The fraction of sp³-hybridized carbons (Fsp3) is 0.154. The smallest absolute Gasteiger partial charge is 0.238 e. The first-order valence-electron chi connectivity index (χ1n) is 10.9. The van der Waals surface area contributed by atoms with Gasteiger partial charge in [-0.15, -0.1) is 10.2 Å². The van der Waals surface area contributed by atoms with Crippen LogP contribution in [0.15, 0.2) is 84.0 Å². The minimum atomic E-state index is -0.442. The van der Waals surface area contributed by atoms with Crippen molar-refractivity contribution in [1.82, 2.24) is 14.8 Å². The molecule has 0 atom stereocenters. The van der Waals surface area contributed by atoms with Crippen molar-refractivity contribution in [1.29, 1.82) is 5.26 Å². The van der Waals surface area contributed by atoms with E-state index in [0.717, 1.165) is 17.3 Å². The van der Waals surface area contributed by atoms with Gasteiger partial charge in [0.2, 0.25) is 5.91 Å². The van der Waals surface area contributed by atoms with Gasteiger partial charge in [0.15, 0.2) is 11.0 Å². The molecular formula is C26H22FN5O2S. The van der Waals surface area contributed by atoms with Gasteiger partial charge in [-0.25, -0.2) is 4.39 Å². The highest BCUT2D eigenvalue weighted by Crippen LogP contribution is 2.30. The van der Waals surface area contributed by atoms with Crippen LogP contribution in [0.25, 0.3) is 17.1 Å². The first-order chi connectivity index (χ1) is 17.1. The number of carbonyl (C=O) groups is 1. The Bertz CT molecular complexity index is 1340. The Labute approximate surface area is 206 Å². The molecule has 1 aromatic heterocycles. The second kappa shape index (κ2) is 11.3. The van der Waals surface area contributed by atoms with E-state index in [1.165, 1.54) is 11.0 Å². The number of nitriles is 1. The summed E-state index contributed by atoms with van der Waals surface area (Å²) in [6.45, 7) is 2.37. The van der Waals surface area contributed by atoms with E-state index >= 15 is 0 Å². The number of para-hydroxylation sites is 2. The summed E-state index contributed by atoms with van der Waals surface area (Å²) >= 11 is 1.13. The Morgan fingerprint density at radius 1 is 1.06 bits per heavy atom. The molecule has 9 heteroatoms. The number of aromatic nitrogens is 3. The molecule has 4 rings (SSSR count). The normalized spacial score (nSPS) is 10.5. The number of ether oxygens (including phenoxy) is 1. The van der Waals surface area contributed by atoms with E-state index in [-0.39, 0.29) is 23.9 Å². The van der Waals surface area contributed by atoms with Crippen LogP contribution in [-0.2, 0) is 4.79 Å². The molecule has 0 saturated heterocycles. The predicted octanol–water partition coefficient (Wildman–Crippen LogP) is 5.12. The summed E-state index contributed by atoms with van der Waals surface area (Å²) in [7, 11) is 0. The van der Waals surface area contributed by atoms with Crippen molar-refractivity contribution in [2.75, 3.05) is 23.8 Å². The standard InChI is InChI=1S/C26H22FN5O2S/c1-2-34-21-14-12-19(13-15-21)25-29-30-26(32(25)23-11-7-6-10-22(23)27)35-18-24(33)31(17-16-28)20-8-4-3-5-9-20/h3-15H,2,17-18H2,1H3. The minimum Gasteiger partial charge on any atom is -0.494 e. The number of anilines is 1. The molecule has 176 valence electrons. The SMILES string of the molecule is CCOc1ccc(-c2nnc(SCC(=O)N(CC#N)c3ccccc3)n2-c2ccccc2F)cc1. The molecule has 0 fully saturated rings. The summed E-state index contributed by atoms with van der Waals surface area (Å²) in [6, 6.07) is 24.6. The molecule has 0 radical (unpaired) electrons. The van der Waals surface area contributed by atoms with Crippen LogP contribution >= 0.6 is 11.8 Å². The van der Waals surface area contributed by atoms with Gasteiger partial charge in [0.25, 0.3) is 0 Å². The maximum absolute atomic E-state index is 14.8. The number of benzene rings is 3. The Morgan fingerprint density at radius 2 is 1.77 bits per heavy atom. The van der Waals surface area contributed by atoms with Crippen LogP contribution in [-0.4, -0.2) is 39.6 Å². The van der Waals surface area contributed by atoms with Gasteiger partial charge in [-0.1, -0.05) is 42.1 Å². The van der Waals surface area contributed by atoms with Gasteiger partial charge in [0.1, 0.15) is 18.1 Å². The number of rotatable bonds is 9. The van der Waals surface area contributed by atoms with Gasteiger partial charge in [-0.3, -0.25) is 14.3 Å². The number of hydrogen-bond donors (Lipinski definition) is 0. The molecule has 0 saturated carbocycles. The van der Waals surface area contributed by atoms with Crippen molar-refractivity contribution >= 4 is 23.4 Å². The molecule has 3 aromatic carbocycles. The van der Waals surface area contributed by atoms with Crippen LogP contribution in [0, 0.1) is 17.1 Å². The van der Waals surface area contributed by atoms with Crippen molar-refractivity contribution in [3.05, 3.63) is 84.7 Å². The van der Waals surface area contributed by atoms with E-state index in [1.807, 2.05) is 43.3 Å². The number of thioether (sulfide) groups is 1. The van der Waals surface area contributed by atoms with Crippen LogP contribution in [0.5, 0.6) is 5.75 Å². The highest BCUT2D eigenvalue weighted by molar-refractivity contribution is 7.99. The first-order valence-corrected chi connectivity index (χ1v) is 11.9. The van der Waals surface area contributed by atoms with Crippen LogP contribution in [0.2, 0.25) is 0 Å². The summed E-state index contributed by atoms with van der Waals surface area (Å²) in [4.78, 5) is 14.4. The molecule has 1 amide bonds. The van der Waals surface area contributed by atoms with Crippen LogP contribution in [0.3, 0.4) is 0 Å². The fourth-order valence-corrected chi connectivity index (χ4v) is 4.29. The molecular weight excluding hydrogens is 465 g/mol. The lowest BCUT2D eigenvalue weighted by atomic mass is 10.2. The summed E-state index contributed by atoms with van der Waals surface area (Å²) in [5, 5.41) is 18.1. The summed E-state index contributed by atoms with van der Waals surface area (Å²) in [6.07, 6.45) is 0. The molecule has 0 unspecified atom stereocenters. The minimum absolute atomic E-state index is 0.00750. The summed E-state index contributed by atoms with van der Waals surface area (Å²) < 4.78 is 21.9. The molecule has 0 bridgehead atoms. The predicted molar refractivity (Wildman–Crippen MR) is 133 cm³/mol. The highest BCUT2D eigenvalue weighted by Gasteiger charge is 2.21. The molecule has 1 heterocycles. The molecule has 7 nitrogen and oxygen atoms in total. The second-order valence-electron chi connectivity index (χ2n) is 7.31. The van der Waals surface area contributed by atoms with Gasteiger partial charge in [0.05, 0.1) is 24.1 Å². The van der Waals surface area contributed by atoms with Crippen molar-refractivity contribution in [2.24, 2.45) is 0 Å². The van der Waals surface area contributed by atoms with E-state index in [4.69, 9.17) is 4.74 Å². The molecule has 0 aliphatic carbocycles. The van der Waals surface area contributed by atoms with Gasteiger partial charge >= 0.3 is 0 Å². The maximum Gasteiger partial charge on any atom is 0.238 e. The second-order valence-corrected chi connectivity index (χ2v) is 8.26. The largest absolute Gasteiger partial charge is 0.494 e. The van der Waals surface area contributed by atoms with Crippen molar-refractivity contribution in [3.63, 3.8) is 0 Å². The van der Waals surface area contributed by atoms with Gasteiger partial charge in [0, 0.05) is 11.3 Å². The Morgan fingerprint density at radius 3 is 2.46 bits per heavy atom. The van der Waals surface area contributed by atoms with Crippen molar-refractivity contribution in [3.8, 4) is 28.9 Å². The van der Waals surface area contributed by atoms with E-state index < -0.39 is 5.82 Å². The monoisotopic (exact) mass is 487 g/mol. The molecule has 4 aromatic rings. The number of amides is 1. The molecule has 0 spiro atoms. The van der Waals surface area contributed by atoms with Crippen molar-refractivity contribution < 1.29 is 13.9 Å². The fourth-order valence-electron chi connectivity index (χ4n) is 3.47. The summed E-state index contributed by atoms with van der Waals surface area (Å²) in [5.41, 5.74) is 1.62. The average Bonchev–Trinajstić information content (AvgIpc) is 3.31. The Kier molecular flexibility index (Phi) is 7.75. The van der Waals surface area contributed by atoms with Gasteiger partial charge < -0.3 is 4.74 Å². The van der Waals surface area contributed by atoms with Crippen molar-refractivity contribution in [2.45, 2.75) is 12.1 Å². The zero-order valence-electron chi connectivity index (χ0n) is 19.0. The third kappa shape index (κ3) is 5.50. The quantitative estimate of drug-likeness (QED) is 0.241. The molecule has 35 heavy (non-hydrogen) atoms. The van der Waals surface area contributed by atoms with E-state index in [9.17, 15) is 14.4 Å². The highest BCUT2D eigenvalue weighted by atomic mass is 32.2. The Balaban J connectivity index is 1.65. The van der Waals surface area contributed by atoms with Gasteiger partial charge in [-0.05, 0) is 55.5 Å². The number of halogens is 1. The first kappa shape index (κ1) is 24.0. The number of nitrogens with zero attached hydrogens (tertiary/aromatic N) is 5. The lowest BCUT2D eigenvalue weighted by Gasteiger charge is -2.19. The van der Waals surface area contributed by atoms with E-state index in [0.29, 0.717) is 29.0 Å². The zero-order chi connectivity index (χ0) is 24.6. The van der Waals surface area contributed by atoms with E-state index in [2.05, 4.69) is 10.2 Å². The van der Waals surface area contributed by atoms with Crippen LogP contribution in [0.4, 0.5) is 10.1 Å². The number of hydrogen-bond acceptors (Lipinski definition) is 6. The van der Waals surface area contributed by atoms with Crippen LogP contribution < -0.4 is 9.64 Å². The molecule has 0 aliphatic rings. The lowest BCUT2D eigenvalue weighted by molar-refractivity contribution is -0.116. The summed E-state index contributed by atoms with van der Waals surface area (Å²) in [5.74, 6) is 0.431. The Hall–Kier alpha value is -4.16. The zero-order valence-corrected chi connectivity index (χ0v) is 19.8. The van der Waals surface area contributed by atoms with E-state index in [1.54, 1.807) is 47.0 Å².